The van der Waals surface area contributed by atoms with Gasteiger partial charge in [-0.25, -0.2) is 25.3 Å². The van der Waals surface area contributed by atoms with Gasteiger partial charge in [0.05, 0.1) is 49.7 Å². The zero-order valence-electron chi connectivity index (χ0n) is 41.6. The minimum atomic E-state index is -5.12. The van der Waals surface area contributed by atoms with Crippen LogP contribution < -0.4 is 272 Å². The molecule has 0 saturated heterocycles. The fourth-order valence-electron chi connectivity index (χ4n) is 8.95. The van der Waals surface area contributed by atoms with E-state index < -0.39 is 72.6 Å². The first-order valence-corrected chi connectivity index (χ1v) is 27.6. The molecular formula is C43H42K5NO18S6. The topological polar surface area (TPSA) is 312 Å². The molecule has 30 heteroatoms. The summed E-state index contributed by atoms with van der Waals surface area (Å²) in [5.41, 5.74) is 2.97. The molecule has 0 bridgehead atoms. The Labute approximate surface area is 646 Å². The monoisotopic (exact) mass is 1250 g/mol. The third-order valence-electron chi connectivity index (χ3n) is 11.6. The van der Waals surface area contributed by atoms with Gasteiger partial charge in [-0.15, -0.1) is 0 Å². The summed E-state index contributed by atoms with van der Waals surface area (Å²) < 4.78 is 151. The fraction of sp³-hybridized carbons (Fsp3) is 0.302. The maximum Gasteiger partial charge on any atom is 1.00 e. The summed E-state index contributed by atoms with van der Waals surface area (Å²) >= 11 is 0.811. The van der Waals surface area contributed by atoms with Crippen molar-refractivity contribution < 1.29 is 338 Å². The molecule has 0 unspecified atom stereocenters. The molecule has 1 N–H and O–H groups in total. The van der Waals surface area contributed by atoms with Gasteiger partial charge in [0.2, 0.25) is 0 Å². The molecule has 0 aromatic heterocycles. The average molecular weight is 1250 g/mol. The molecule has 368 valence electrons. The molecule has 0 saturated carbocycles. The molecule has 1 aliphatic carbocycles. The van der Waals surface area contributed by atoms with Crippen LogP contribution in [0.3, 0.4) is 0 Å². The van der Waals surface area contributed by atoms with Crippen molar-refractivity contribution >= 4 is 97.4 Å². The molecule has 2 aliphatic rings. The van der Waals surface area contributed by atoms with Crippen molar-refractivity contribution in [3.63, 3.8) is 0 Å². The van der Waals surface area contributed by atoms with Crippen molar-refractivity contribution in [2.24, 2.45) is 0 Å². The SMILES string of the molecule is CC(C=C/C=C1/N(CCCS(=O)(=O)[O-])c2ccc3cc(S(=O)(=O)[O-])cc(SOO[O-])c3c2C1(C)C)=CC=CC1=C(CCCS(=O)(=O)O)c2ccc3cc(SOO[O-])cc(S(=O)(=O)[O-])c3c2C1(C)C.[K+].[K+].[K+].[K+].[K+]. The second kappa shape index (κ2) is 31.4. The summed E-state index contributed by atoms with van der Waals surface area (Å²) in [6.07, 6.45) is 10.7. The average Bonchev–Trinajstić information content (AvgIpc) is 3.57. The second-order valence-electron chi connectivity index (χ2n) is 16.8. The number of hydrogen-bond acceptors (Lipinski definition) is 20. The van der Waals surface area contributed by atoms with E-state index in [1.54, 1.807) is 67.6 Å². The second-order valence-corrected chi connectivity index (χ2v) is 24.2. The van der Waals surface area contributed by atoms with E-state index >= 15 is 0 Å². The van der Waals surface area contributed by atoms with Crippen LogP contribution in [0.15, 0.2) is 121 Å². The zero-order valence-corrected chi connectivity index (χ0v) is 62.1. The molecule has 0 amide bonds. The predicted octanol–water partition coefficient (Wildman–Crippen LogP) is -9.33. The summed E-state index contributed by atoms with van der Waals surface area (Å²) in [5.74, 6) is -1.21. The van der Waals surface area contributed by atoms with Crippen LogP contribution in [0.1, 0.15) is 70.6 Å². The number of nitrogens with zero attached hydrogens (tertiary/aromatic N) is 1. The minimum absolute atomic E-state index is 0. The Morgan fingerprint density at radius 3 is 1.93 bits per heavy atom. The van der Waals surface area contributed by atoms with Gasteiger partial charge >= 0.3 is 257 Å². The quantitative estimate of drug-likeness (QED) is 0.0215. The fourth-order valence-corrected chi connectivity index (χ4v) is 12.4. The number of rotatable bonds is 20. The Kier molecular flexibility index (Phi) is 32.3. The molecule has 1 heterocycles. The van der Waals surface area contributed by atoms with Gasteiger partial charge in [0.1, 0.15) is 20.2 Å². The zero-order chi connectivity index (χ0) is 50.2. The Balaban J connectivity index is 0.00000533. The molecule has 0 fully saturated rings. The smallest absolute Gasteiger partial charge is 0.748 e. The van der Waals surface area contributed by atoms with Crippen LogP contribution in [0.5, 0.6) is 0 Å². The Hall–Kier alpha value is 4.18. The molecule has 73 heavy (non-hydrogen) atoms. The summed E-state index contributed by atoms with van der Waals surface area (Å²) in [4.78, 5) is 0.835. The van der Waals surface area contributed by atoms with Crippen LogP contribution in [0.2, 0.25) is 0 Å². The Morgan fingerprint density at radius 2 is 1.34 bits per heavy atom. The van der Waals surface area contributed by atoms with Crippen LogP contribution in [0.4, 0.5) is 5.69 Å². The van der Waals surface area contributed by atoms with Crippen molar-refractivity contribution in [3.05, 3.63) is 119 Å². The first-order chi connectivity index (χ1) is 31.6. The predicted molar refractivity (Wildman–Crippen MR) is 245 cm³/mol. The molecular weight excluding hydrogens is 1210 g/mol. The van der Waals surface area contributed by atoms with Crippen LogP contribution in [-0.2, 0) is 70.0 Å². The van der Waals surface area contributed by atoms with E-state index in [1.807, 2.05) is 32.6 Å². The maximum absolute atomic E-state index is 12.8. The van der Waals surface area contributed by atoms with Gasteiger partial charge in [-0.1, -0.05) is 81.8 Å². The van der Waals surface area contributed by atoms with Crippen molar-refractivity contribution in [2.45, 2.75) is 84.3 Å². The van der Waals surface area contributed by atoms with E-state index in [4.69, 9.17) is 0 Å². The van der Waals surface area contributed by atoms with Gasteiger partial charge in [0.15, 0.2) is 0 Å². The number of benzene rings is 4. The number of fused-ring (bicyclic) bond motifs is 6. The van der Waals surface area contributed by atoms with Crippen molar-refractivity contribution in [1.29, 1.82) is 0 Å². The first kappa shape index (κ1) is 75.2. The molecule has 6 rings (SSSR count). The van der Waals surface area contributed by atoms with E-state index in [1.165, 1.54) is 12.1 Å². The van der Waals surface area contributed by atoms with Gasteiger partial charge in [-0.2, -0.15) is 17.1 Å². The van der Waals surface area contributed by atoms with Crippen LogP contribution >= 0.6 is 24.1 Å². The standard InChI is InChI=1S/C43H47NO18S6.5K/c1-26(10-6-13-33-31(12-8-20-65(47,48)49)32-17-15-27-22-29(63-61-59-45)24-36(68(56,57)58)39(27)40(32)42(33,2)3)11-7-14-37-43(4,5)41-34(44(37)19-9-21-66(50,51)52)18-16-28-23-30(67(53,54)55)25-35(38(28)41)64-62-60-46;;;;;/h6-7,10-11,13-18,22-25,45-46H,8-9,12,19-21H2,1-5H3,(H,47,48,49)(H,50,51,52)(H,53,54,55)(H,56,57,58);;;;;/q;5*+1/p-5/b11-7?,13-6?,26-10?,37-14+;;;;;. The van der Waals surface area contributed by atoms with E-state index in [0.717, 1.165) is 12.1 Å². The van der Waals surface area contributed by atoms with Gasteiger partial charge in [0.25, 0.3) is 10.1 Å². The van der Waals surface area contributed by atoms with E-state index in [2.05, 4.69) is 18.7 Å². The molecule has 1 aliphatic heterocycles. The van der Waals surface area contributed by atoms with Crippen molar-refractivity contribution in [2.75, 3.05) is 23.0 Å². The van der Waals surface area contributed by atoms with E-state index in [-0.39, 0.29) is 298 Å². The Bertz CT molecular complexity index is 3310. The van der Waals surface area contributed by atoms with Gasteiger partial charge in [-0.05, 0) is 101 Å². The van der Waals surface area contributed by atoms with Crippen molar-refractivity contribution in [1.82, 2.24) is 0 Å². The van der Waals surface area contributed by atoms with Crippen LogP contribution in [0, 0.1) is 0 Å². The van der Waals surface area contributed by atoms with Gasteiger partial charge in [-0.3, -0.25) is 14.6 Å². The third-order valence-corrected chi connectivity index (χ3v) is 16.0. The summed E-state index contributed by atoms with van der Waals surface area (Å²) in [5, 5.41) is 29.5. The number of allylic oxidation sites excluding steroid dienone is 10. The normalized spacial score (nSPS) is 16.0. The third kappa shape index (κ3) is 19.1. The molecule has 0 radical (unpaired) electrons. The Morgan fingerprint density at radius 1 is 0.726 bits per heavy atom. The number of hydrogen-bond donors (Lipinski definition) is 1. The summed E-state index contributed by atoms with van der Waals surface area (Å²) in [7, 11) is -19.0. The largest absolute Gasteiger partial charge is 1.00 e. The van der Waals surface area contributed by atoms with Crippen LogP contribution in [0.25, 0.3) is 27.1 Å². The molecule has 4 aromatic carbocycles. The van der Waals surface area contributed by atoms with Crippen molar-refractivity contribution in [3.8, 4) is 0 Å². The number of anilines is 1. The maximum atomic E-state index is 12.8. The van der Waals surface area contributed by atoms with Gasteiger partial charge < -0.3 is 29.1 Å². The molecule has 19 nitrogen and oxygen atoms in total. The molecule has 4 aromatic rings. The summed E-state index contributed by atoms with van der Waals surface area (Å²) in [6, 6.07) is 11.4. The van der Waals surface area contributed by atoms with Gasteiger partial charge in [0, 0.05) is 55.1 Å². The van der Waals surface area contributed by atoms with E-state index in [9.17, 15) is 62.4 Å². The first-order valence-electron chi connectivity index (χ1n) is 20.1. The van der Waals surface area contributed by atoms with Crippen LogP contribution in [-0.4, -0.2) is 69.9 Å². The minimum Gasteiger partial charge on any atom is -0.748 e. The molecule has 0 spiro atoms. The molecule has 0 atom stereocenters. The van der Waals surface area contributed by atoms with E-state index in [0.29, 0.717) is 85.0 Å². The summed E-state index contributed by atoms with van der Waals surface area (Å²) in [6.45, 7) is 9.22.